The maximum atomic E-state index is 11.9. The lowest BCUT2D eigenvalue weighted by atomic mass is 10.1. The average molecular weight is 532 g/mol. The van der Waals surface area contributed by atoms with E-state index in [0.29, 0.717) is 14.3 Å². The summed E-state index contributed by atoms with van der Waals surface area (Å²) in [4.78, 5) is 26.2. The first kappa shape index (κ1) is 16.5. The van der Waals surface area contributed by atoms with E-state index >= 15 is 0 Å². The van der Waals surface area contributed by atoms with Crippen molar-refractivity contribution in [3.63, 3.8) is 0 Å². The molecule has 0 saturated carbocycles. The Labute approximate surface area is 151 Å². The molecule has 0 radical (unpaired) electrons. The average Bonchev–Trinajstić information content (AvgIpc) is 2.39. The molecule has 9 heteroatoms. The molecule has 0 unspecified atom stereocenters. The zero-order valence-corrected chi connectivity index (χ0v) is 15.2. The van der Waals surface area contributed by atoms with E-state index in [9.17, 15) is 14.7 Å². The van der Waals surface area contributed by atoms with Crippen LogP contribution < -0.4 is 5.32 Å². The predicted octanol–water partition coefficient (Wildman–Crippen LogP) is 2.62. The highest BCUT2D eigenvalue weighted by molar-refractivity contribution is 14.1. The van der Waals surface area contributed by atoms with Crippen LogP contribution in [0.1, 0.15) is 10.5 Å². The van der Waals surface area contributed by atoms with Crippen molar-refractivity contribution in [2.24, 2.45) is 0 Å². The first-order valence-electron chi connectivity index (χ1n) is 5.48. The molecule has 21 heavy (non-hydrogen) atoms. The van der Waals surface area contributed by atoms with Crippen LogP contribution >= 0.6 is 56.8 Å². The molecule has 0 aliphatic rings. The lowest BCUT2D eigenvalue weighted by Gasteiger charge is -2.10. The zero-order chi connectivity index (χ0) is 15.7. The van der Waals surface area contributed by atoms with Crippen molar-refractivity contribution in [2.75, 3.05) is 6.54 Å². The van der Waals surface area contributed by atoms with Gasteiger partial charge in [0.1, 0.15) is 11.7 Å². The Bertz CT molecular complexity index is 767. The third-order valence-corrected chi connectivity index (χ3v) is 4.33. The van der Waals surface area contributed by atoms with E-state index in [0.717, 1.165) is 3.57 Å². The molecule has 0 spiro atoms. The van der Waals surface area contributed by atoms with Crippen molar-refractivity contribution in [2.45, 2.75) is 0 Å². The molecule has 1 heterocycles. The van der Waals surface area contributed by atoms with Crippen LogP contribution in [0.4, 0.5) is 0 Å². The Morgan fingerprint density at radius 3 is 2.62 bits per heavy atom. The van der Waals surface area contributed by atoms with Crippen LogP contribution in [0.15, 0.2) is 12.1 Å². The summed E-state index contributed by atoms with van der Waals surface area (Å²) in [6.45, 7) is -0.570. The Balaban J connectivity index is 2.60. The van der Waals surface area contributed by atoms with Gasteiger partial charge in [0.05, 0.1) is 0 Å². The van der Waals surface area contributed by atoms with Crippen LogP contribution in [0.3, 0.4) is 0 Å². The van der Waals surface area contributed by atoms with Gasteiger partial charge in [-0.2, -0.15) is 0 Å². The van der Waals surface area contributed by atoms with E-state index in [4.69, 9.17) is 16.7 Å². The summed E-state index contributed by atoms with van der Waals surface area (Å²) in [5.74, 6) is -2.31. The number of benzene rings is 1. The number of rotatable bonds is 3. The number of fused-ring (bicyclic) bond motifs is 1. The number of nitrogens with one attached hydrogen (secondary N) is 1. The second kappa shape index (κ2) is 6.48. The summed E-state index contributed by atoms with van der Waals surface area (Å²) in [5.41, 5.74) is -0.298. The number of nitrogens with zero attached hydrogens (tertiary/aromatic N) is 1. The fraction of sp³-hybridized carbons (Fsp3) is 0.0833. The van der Waals surface area contributed by atoms with Crippen molar-refractivity contribution >= 4 is 79.4 Å². The largest absolute Gasteiger partial charge is 0.505 e. The number of aromatic hydroxyl groups is 1. The minimum atomic E-state index is -1.20. The fourth-order valence-electron chi connectivity index (χ4n) is 1.70. The number of aliphatic carboxylic acids is 1. The van der Waals surface area contributed by atoms with E-state index in [1.807, 2.05) is 28.7 Å². The summed E-state index contributed by atoms with van der Waals surface area (Å²) in [6, 6.07) is 3.56. The molecule has 0 saturated heterocycles. The van der Waals surface area contributed by atoms with Crippen molar-refractivity contribution in [1.82, 2.24) is 10.3 Å². The molecule has 3 N–H and O–H groups in total. The molecule has 0 bridgehead atoms. The number of carbonyl (C=O) groups excluding carboxylic acids is 1. The fourth-order valence-corrected chi connectivity index (χ4v) is 4.04. The summed E-state index contributed by atoms with van der Waals surface area (Å²) in [5, 5.41) is 21.9. The lowest BCUT2D eigenvalue weighted by molar-refractivity contribution is -0.135. The van der Waals surface area contributed by atoms with Gasteiger partial charge in [-0.05, 0) is 57.3 Å². The number of hydrogen-bond acceptors (Lipinski definition) is 4. The number of carbonyl (C=O) groups is 2. The quantitative estimate of drug-likeness (QED) is 0.417. The maximum Gasteiger partial charge on any atom is 0.322 e. The maximum absolute atomic E-state index is 11.9. The molecule has 6 nitrogen and oxygen atoms in total. The van der Waals surface area contributed by atoms with Crippen molar-refractivity contribution in [1.29, 1.82) is 0 Å². The number of amides is 1. The Kier molecular flexibility index (Phi) is 5.09. The molecular formula is C12H7ClI2N2O4. The van der Waals surface area contributed by atoms with E-state index in [1.54, 1.807) is 6.07 Å². The Hall–Kier alpha value is -0.880. The Morgan fingerprint density at radius 1 is 1.33 bits per heavy atom. The molecule has 110 valence electrons. The molecule has 0 atom stereocenters. The second-order valence-corrected chi connectivity index (χ2v) is 6.75. The molecule has 1 amide bonds. The van der Waals surface area contributed by atoms with E-state index in [2.05, 4.69) is 32.9 Å². The van der Waals surface area contributed by atoms with Crippen molar-refractivity contribution in [3.05, 3.63) is 30.1 Å². The molecule has 0 aliphatic carbocycles. The third kappa shape index (κ3) is 3.48. The first-order chi connectivity index (χ1) is 9.81. The highest BCUT2D eigenvalue weighted by Crippen LogP contribution is 2.36. The number of carboxylic acid groups (broad SMARTS) is 1. The van der Waals surface area contributed by atoms with Gasteiger partial charge >= 0.3 is 5.97 Å². The minimum Gasteiger partial charge on any atom is -0.505 e. The second-order valence-electron chi connectivity index (χ2n) is 3.99. The number of carboxylic acids is 1. The van der Waals surface area contributed by atoms with Crippen molar-refractivity contribution in [3.8, 4) is 5.75 Å². The lowest BCUT2D eigenvalue weighted by Crippen LogP contribution is -2.30. The van der Waals surface area contributed by atoms with Gasteiger partial charge in [0.25, 0.3) is 5.91 Å². The highest BCUT2D eigenvalue weighted by Gasteiger charge is 2.20. The first-order valence-corrected chi connectivity index (χ1v) is 8.02. The van der Waals surface area contributed by atoms with Crippen molar-refractivity contribution < 1.29 is 19.8 Å². The van der Waals surface area contributed by atoms with Gasteiger partial charge in [-0.15, -0.1) is 0 Å². The number of hydrogen-bond donors (Lipinski definition) is 3. The molecule has 0 aliphatic heterocycles. The number of aromatic nitrogens is 1. The van der Waals surface area contributed by atoms with Gasteiger partial charge in [0.2, 0.25) is 0 Å². The molecule has 1 aromatic carbocycles. The van der Waals surface area contributed by atoms with Gasteiger partial charge in [-0.25, -0.2) is 4.98 Å². The molecule has 1 aromatic heterocycles. The van der Waals surface area contributed by atoms with E-state index < -0.39 is 18.4 Å². The van der Waals surface area contributed by atoms with Crippen LogP contribution in [0.5, 0.6) is 5.75 Å². The summed E-state index contributed by atoms with van der Waals surface area (Å²) in [7, 11) is 0. The van der Waals surface area contributed by atoms with Crippen LogP contribution in [0.2, 0.25) is 5.15 Å². The minimum absolute atomic E-state index is 0.0692. The van der Waals surface area contributed by atoms with Crippen LogP contribution in [0, 0.1) is 7.14 Å². The standard InChI is InChI=1S/C12H7ClI2N2O4/c13-11-5-1-4(14)2-6(15)8(5)10(20)9(17-11)12(21)16-3-7(18)19/h1-2,20H,3H2,(H,16,21)(H,18,19). The smallest absolute Gasteiger partial charge is 0.322 e. The Morgan fingerprint density at radius 2 is 2.00 bits per heavy atom. The zero-order valence-electron chi connectivity index (χ0n) is 10.2. The number of pyridine rings is 1. The van der Waals surface area contributed by atoms with Crippen LogP contribution in [0.25, 0.3) is 10.8 Å². The van der Waals surface area contributed by atoms with Gasteiger partial charge in [0, 0.05) is 17.9 Å². The molecule has 0 fully saturated rings. The van der Waals surface area contributed by atoms with E-state index in [1.165, 1.54) is 0 Å². The normalized spacial score (nSPS) is 10.6. The third-order valence-electron chi connectivity index (χ3n) is 2.56. The monoisotopic (exact) mass is 532 g/mol. The molecule has 2 aromatic rings. The summed E-state index contributed by atoms with van der Waals surface area (Å²) >= 11 is 10.2. The summed E-state index contributed by atoms with van der Waals surface area (Å²) in [6.07, 6.45) is 0. The van der Waals surface area contributed by atoms with Gasteiger partial charge in [-0.3, -0.25) is 9.59 Å². The number of halogens is 3. The van der Waals surface area contributed by atoms with Crippen LogP contribution in [-0.4, -0.2) is 33.6 Å². The topological polar surface area (TPSA) is 99.5 Å². The SMILES string of the molecule is O=C(O)CNC(=O)c1nc(Cl)c2cc(I)cc(I)c2c1O. The van der Waals surface area contributed by atoms with E-state index in [-0.39, 0.29) is 16.6 Å². The van der Waals surface area contributed by atoms with Gasteiger partial charge in [0.15, 0.2) is 11.4 Å². The van der Waals surface area contributed by atoms with Gasteiger partial charge in [-0.1, -0.05) is 11.6 Å². The predicted molar refractivity (Wildman–Crippen MR) is 93.8 cm³/mol. The molecule has 2 rings (SSSR count). The van der Waals surface area contributed by atoms with Gasteiger partial charge < -0.3 is 15.5 Å². The molecular weight excluding hydrogens is 525 g/mol. The highest BCUT2D eigenvalue weighted by atomic mass is 127. The van der Waals surface area contributed by atoms with Crippen LogP contribution in [-0.2, 0) is 4.79 Å². The summed E-state index contributed by atoms with van der Waals surface area (Å²) < 4.78 is 1.62.